The topological polar surface area (TPSA) is 53.1 Å². The van der Waals surface area contributed by atoms with Crippen LogP contribution in [0.3, 0.4) is 0 Å². The highest BCUT2D eigenvalue weighted by Gasteiger charge is 2.04. The van der Waals surface area contributed by atoms with E-state index in [4.69, 9.17) is 10.5 Å². The Kier molecular flexibility index (Phi) is 5.36. The van der Waals surface area contributed by atoms with Gasteiger partial charge in [0, 0.05) is 12.2 Å². The number of nitrogens with zero attached hydrogens (tertiary/aromatic N) is 2. The van der Waals surface area contributed by atoms with Crippen molar-refractivity contribution < 1.29 is 4.74 Å². The van der Waals surface area contributed by atoms with Gasteiger partial charge in [0.25, 0.3) is 0 Å². The summed E-state index contributed by atoms with van der Waals surface area (Å²) in [5.41, 5.74) is 7.78. The minimum absolute atomic E-state index is 0.583. The average Bonchev–Trinajstić information content (AvgIpc) is 2.67. The molecule has 0 aliphatic heterocycles. The first-order valence-corrected chi connectivity index (χ1v) is 5.65. The fourth-order valence-electron chi connectivity index (χ4n) is 1.50. The molecule has 4 nitrogen and oxygen atoms in total. The van der Waals surface area contributed by atoms with Gasteiger partial charge in [-0.05, 0) is 18.9 Å². The Balaban J connectivity index is 2.47. The fourth-order valence-corrected chi connectivity index (χ4v) is 1.50. The van der Waals surface area contributed by atoms with Crippen LogP contribution < -0.4 is 5.73 Å². The molecule has 1 aromatic rings. The zero-order valence-corrected chi connectivity index (χ0v) is 9.70. The van der Waals surface area contributed by atoms with Crippen molar-refractivity contribution in [3.63, 3.8) is 0 Å². The van der Waals surface area contributed by atoms with Crippen molar-refractivity contribution in [3.8, 4) is 0 Å². The number of ether oxygens (including phenoxy) is 1. The molecule has 4 heteroatoms. The van der Waals surface area contributed by atoms with E-state index in [1.807, 2.05) is 4.68 Å². The Hall–Kier alpha value is -0.870. The van der Waals surface area contributed by atoms with E-state index in [9.17, 15) is 0 Å². The van der Waals surface area contributed by atoms with Gasteiger partial charge >= 0.3 is 0 Å². The normalized spacial score (nSPS) is 10.9. The summed E-state index contributed by atoms with van der Waals surface area (Å²) in [6, 6.07) is 2.17. The lowest BCUT2D eigenvalue weighted by molar-refractivity contribution is 0.130. The third-order valence-electron chi connectivity index (χ3n) is 2.35. The molecule has 1 heterocycles. The summed E-state index contributed by atoms with van der Waals surface area (Å²) in [6.07, 6.45) is 2.01. The number of hydrogen-bond donors (Lipinski definition) is 1. The monoisotopic (exact) mass is 211 g/mol. The van der Waals surface area contributed by atoms with Crippen LogP contribution in [0.2, 0.25) is 0 Å². The smallest absolute Gasteiger partial charge is 0.0663 e. The van der Waals surface area contributed by atoms with Crippen molar-refractivity contribution in [1.82, 2.24) is 9.78 Å². The molecule has 0 saturated heterocycles. The predicted molar refractivity (Wildman–Crippen MR) is 60.9 cm³/mol. The van der Waals surface area contributed by atoms with Gasteiger partial charge in [0.2, 0.25) is 0 Å². The number of aryl methyl sites for hydroxylation is 2. The minimum atomic E-state index is 0.583. The second kappa shape index (κ2) is 6.58. The third-order valence-corrected chi connectivity index (χ3v) is 2.35. The van der Waals surface area contributed by atoms with Gasteiger partial charge in [0.05, 0.1) is 25.5 Å². The first-order valence-electron chi connectivity index (χ1n) is 5.65. The summed E-state index contributed by atoms with van der Waals surface area (Å²) in [7, 11) is 0. The highest BCUT2D eigenvalue weighted by atomic mass is 16.5. The van der Waals surface area contributed by atoms with Crippen molar-refractivity contribution in [2.45, 2.75) is 33.2 Å². The fraction of sp³-hybridized carbons (Fsp3) is 0.727. The lowest BCUT2D eigenvalue weighted by atomic mass is 10.3. The lowest BCUT2D eigenvalue weighted by Gasteiger charge is -2.06. The first-order chi connectivity index (χ1) is 7.31. The maximum Gasteiger partial charge on any atom is 0.0663 e. The highest BCUT2D eigenvalue weighted by Crippen LogP contribution is 2.06. The molecule has 0 bridgehead atoms. The van der Waals surface area contributed by atoms with Gasteiger partial charge in [0.1, 0.15) is 0 Å². The van der Waals surface area contributed by atoms with E-state index < -0.39 is 0 Å². The molecule has 0 aliphatic rings. The van der Waals surface area contributed by atoms with E-state index in [1.165, 1.54) is 5.69 Å². The minimum Gasteiger partial charge on any atom is -0.378 e. The number of rotatable bonds is 7. The van der Waals surface area contributed by atoms with Crippen molar-refractivity contribution in [2.75, 3.05) is 19.8 Å². The van der Waals surface area contributed by atoms with Crippen LogP contribution in [0.5, 0.6) is 0 Å². The zero-order chi connectivity index (χ0) is 11.1. The summed E-state index contributed by atoms with van der Waals surface area (Å²) in [5.74, 6) is 0. The molecule has 15 heavy (non-hydrogen) atoms. The van der Waals surface area contributed by atoms with E-state index in [1.54, 1.807) is 0 Å². The Morgan fingerprint density at radius 1 is 1.33 bits per heavy atom. The number of aromatic nitrogens is 2. The molecule has 0 spiro atoms. The van der Waals surface area contributed by atoms with Crippen LogP contribution in [0, 0.1) is 0 Å². The van der Waals surface area contributed by atoms with Crippen molar-refractivity contribution >= 4 is 0 Å². The summed E-state index contributed by atoms with van der Waals surface area (Å²) >= 11 is 0. The predicted octanol–water partition coefficient (Wildman–Crippen LogP) is 0.983. The van der Waals surface area contributed by atoms with Gasteiger partial charge in [-0.15, -0.1) is 0 Å². The van der Waals surface area contributed by atoms with Gasteiger partial charge in [-0.2, -0.15) is 5.10 Å². The molecule has 0 aromatic carbocycles. The molecule has 0 aliphatic carbocycles. The molecule has 0 atom stereocenters. The van der Waals surface area contributed by atoms with E-state index in [0.717, 1.165) is 25.1 Å². The van der Waals surface area contributed by atoms with Crippen LogP contribution in [-0.2, 0) is 24.1 Å². The molecule has 0 fully saturated rings. The van der Waals surface area contributed by atoms with Crippen LogP contribution in [0.25, 0.3) is 0 Å². The summed E-state index contributed by atoms with van der Waals surface area (Å²) in [6.45, 7) is 6.99. The molecule has 1 rings (SSSR count). The number of nitrogens with two attached hydrogens (primary N) is 1. The van der Waals surface area contributed by atoms with E-state index in [0.29, 0.717) is 19.8 Å². The molecule has 0 radical (unpaired) electrons. The molecule has 0 saturated carbocycles. The average molecular weight is 211 g/mol. The van der Waals surface area contributed by atoms with Crippen LogP contribution in [-0.4, -0.2) is 29.5 Å². The first kappa shape index (κ1) is 12.2. The Morgan fingerprint density at radius 3 is 2.73 bits per heavy atom. The van der Waals surface area contributed by atoms with Gasteiger partial charge in [0.15, 0.2) is 0 Å². The molecule has 2 N–H and O–H groups in total. The second-order valence-corrected chi connectivity index (χ2v) is 3.46. The molecule has 86 valence electrons. The molecule has 1 aromatic heterocycles. The Labute approximate surface area is 91.4 Å². The van der Waals surface area contributed by atoms with Crippen molar-refractivity contribution in [2.24, 2.45) is 5.73 Å². The maximum atomic E-state index is 5.34. The summed E-state index contributed by atoms with van der Waals surface area (Å²) < 4.78 is 7.38. The zero-order valence-electron chi connectivity index (χ0n) is 9.70. The molecular weight excluding hydrogens is 190 g/mol. The highest BCUT2D eigenvalue weighted by molar-refractivity contribution is 5.10. The van der Waals surface area contributed by atoms with E-state index in [2.05, 4.69) is 25.0 Å². The third kappa shape index (κ3) is 3.64. The van der Waals surface area contributed by atoms with Gasteiger partial charge < -0.3 is 10.5 Å². The second-order valence-electron chi connectivity index (χ2n) is 3.46. The quantitative estimate of drug-likeness (QED) is 0.684. The Bertz CT molecular complexity index is 283. The van der Waals surface area contributed by atoms with Crippen molar-refractivity contribution in [1.29, 1.82) is 0 Å². The SMILES string of the molecule is CCc1cc(CC)n(CCOCCN)n1. The van der Waals surface area contributed by atoms with Crippen LogP contribution >= 0.6 is 0 Å². The van der Waals surface area contributed by atoms with Crippen molar-refractivity contribution in [3.05, 3.63) is 17.5 Å². The Morgan fingerprint density at radius 2 is 2.13 bits per heavy atom. The molecular formula is C11H21N3O. The molecule has 0 amide bonds. The van der Waals surface area contributed by atoms with Gasteiger partial charge in [-0.3, -0.25) is 4.68 Å². The summed E-state index contributed by atoms with van der Waals surface area (Å²) in [5, 5.41) is 4.50. The van der Waals surface area contributed by atoms with Crippen LogP contribution in [0.15, 0.2) is 6.07 Å². The number of hydrogen-bond acceptors (Lipinski definition) is 3. The molecule has 0 unspecified atom stereocenters. The standard InChI is InChI=1S/C11H21N3O/c1-3-10-9-11(4-2)14(13-10)6-8-15-7-5-12/h9H,3-8,12H2,1-2H3. The lowest BCUT2D eigenvalue weighted by Crippen LogP contribution is -2.14. The summed E-state index contributed by atoms with van der Waals surface area (Å²) in [4.78, 5) is 0. The van der Waals surface area contributed by atoms with Crippen LogP contribution in [0.1, 0.15) is 25.2 Å². The largest absolute Gasteiger partial charge is 0.378 e. The van der Waals surface area contributed by atoms with E-state index in [-0.39, 0.29) is 0 Å². The van der Waals surface area contributed by atoms with Crippen LogP contribution in [0.4, 0.5) is 0 Å². The van der Waals surface area contributed by atoms with Gasteiger partial charge in [-0.1, -0.05) is 13.8 Å². The maximum absolute atomic E-state index is 5.34. The van der Waals surface area contributed by atoms with E-state index >= 15 is 0 Å². The van der Waals surface area contributed by atoms with Gasteiger partial charge in [-0.25, -0.2) is 0 Å².